The Morgan fingerprint density at radius 1 is 0.450 bits per heavy atom. The summed E-state index contributed by atoms with van der Waals surface area (Å²) < 4.78 is 21.9. The molecule has 0 aliphatic carbocycles. The highest BCUT2D eigenvalue weighted by Crippen LogP contribution is 2.21. The summed E-state index contributed by atoms with van der Waals surface area (Å²) >= 11 is 0. The fraction of sp³-hybridized carbons (Fsp3) is 0.0909. The van der Waals surface area contributed by atoms with E-state index in [0.717, 1.165) is 0 Å². The highest BCUT2D eigenvalue weighted by Gasteiger charge is 2.48. The van der Waals surface area contributed by atoms with Crippen molar-refractivity contribution in [3.05, 3.63) is 152 Å². The fourth-order valence-electron chi connectivity index (χ4n) is 5.16. The molecule has 0 N–H and O–H groups in total. The zero-order valence-corrected chi connectivity index (χ0v) is 27.6. The van der Waals surface area contributed by atoms with Crippen LogP contribution in [0.15, 0.2) is 152 Å². The standard InChI is InChI=1S/C33H36O3Si4/c1-37(29-19-9-4-10-20-29)34-40(3,35-38(30-21-11-5-12-22-30)31-23-13-6-14-24-31)36-39(2,32-25-15-7-16-26-32)33-27-17-8-18-28-33/h4-28,37-38H,1-3H3. The SMILES string of the molecule is C[SiH](O[Si](C)(O[SiH](c1ccccc1)c1ccccc1)O[Si](C)(c1ccccc1)c1ccccc1)c1ccccc1. The summed E-state index contributed by atoms with van der Waals surface area (Å²) in [6.07, 6.45) is 0. The summed E-state index contributed by atoms with van der Waals surface area (Å²) in [5.41, 5.74) is 0. The predicted octanol–water partition coefficient (Wildman–Crippen LogP) is 3.79. The van der Waals surface area contributed by atoms with Crippen LogP contribution < -0.4 is 25.9 Å². The van der Waals surface area contributed by atoms with Gasteiger partial charge in [-0.15, -0.1) is 0 Å². The average molecular weight is 593 g/mol. The minimum absolute atomic E-state index is 1.21. The molecular weight excluding hydrogens is 557 g/mol. The van der Waals surface area contributed by atoms with E-state index in [1.54, 1.807) is 0 Å². The Hall–Kier alpha value is -3.15. The number of hydrogen-bond acceptors (Lipinski definition) is 3. The van der Waals surface area contributed by atoms with Gasteiger partial charge in [-0.1, -0.05) is 152 Å². The Labute approximate surface area is 244 Å². The van der Waals surface area contributed by atoms with Gasteiger partial charge in [0.2, 0.25) is 17.4 Å². The van der Waals surface area contributed by atoms with E-state index in [4.69, 9.17) is 12.3 Å². The van der Waals surface area contributed by atoms with Crippen LogP contribution in [-0.4, -0.2) is 35.2 Å². The van der Waals surface area contributed by atoms with Gasteiger partial charge in [-0.25, -0.2) is 0 Å². The molecule has 0 aliphatic rings. The van der Waals surface area contributed by atoms with Gasteiger partial charge in [0.1, 0.15) is 0 Å². The first-order valence-electron chi connectivity index (χ1n) is 13.8. The first-order valence-corrected chi connectivity index (χ1v) is 22.2. The Kier molecular flexibility index (Phi) is 9.23. The number of benzene rings is 5. The Morgan fingerprint density at radius 3 is 1.20 bits per heavy atom. The molecule has 0 fully saturated rings. The number of rotatable bonds is 11. The molecule has 5 rings (SSSR count). The summed E-state index contributed by atoms with van der Waals surface area (Å²) in [5.74, 6) is 0. The molecule has 0 amide bonds. The maximum atomic E-state index is 7.47. The molecule has 0 aromatic heterocycles. The van der Waals surface area contributed by atoms with Crippen LogP contribution in [-0.2, 0) is 12.3 Å². The van der Waals surface area contributed by atoms with Gasteiger partial charge < -0.3 is 12.3 Å². The van der Waals surface area contributed by atoms with Crippen LogP contribution in [0.4, 0.5) is 0 Å². The van der Waals surface area contributed by atoms with Crippen LogP contribution in [0.3, 0.4) is 0 Å². The Balaban J connectivity index is 1.61. The lowest BCUT2D eigenvalue weighted by Crippen LogP contribution is -2.68. The third kappa shape index (κ3) is 6.76. The van der Waals surface area contributed by atoms with Gasteiger partial charge in [-0.3, -0.25) is 0 Å². The zero-order chi connectivity index (χ0) is 27.8. The van der Waals surface area contributed by atoms with Crippen LogP contribution in [0.2, 0.25) is 19.6 Å². The van der Waals surface area contributed by atoms with E-state index in [-0.39, 0.29) is 0 Å². The number of hydrogen-bond donors (Lipinski definition) is 0. The minimum Gasteiger partial charge on any atom is -0.415 e. The second-order valence-corrected chi connectivity index (χ2v) is 21.9. The largest absolute Gasteiger partial charge is 0.467 e. The maximum Gasteiger partial charge on any atom is 0.467 e. The summed E-state index contributed by atoms with van der Waals surface area (Å²) in [6, 6.07) is 53.0. The van der Waals surface area contributed by atoms with Gasteiger partial charge >= 0.3 is 8.80 Å². The maximum absolute atomic E-state index is 7.47. The Morgan fingerprint density at radius 2 is 0.800 bits per heavy atom. The van der Waals surface area contributed by atoms with Crippen LogP contribution >= 0.6 is 0 Å². The van der Waals surface area contributed by atoms with Gasteiger partial charge in [-0.05, 0) is 39.0 Å². The summed E-state index contributed by atoms with van der Waals surface area (Å²) in [5, 5.41) is 6.10. The molecule has 5 aromatic carbocycles. The first-order chi connectivity index (χ1) is 19.5. The molecule has 2 atom stereocenters. The second kappa shape index (κ2) is 13.0. The fourth-order valence-corrected chi connectivity index (χ4v) is 21.2. The summed E-state index contributed by atoms with van der Waals surface area (Å²) in [4.78, 5) is 0. The molecule has 0 radical (unpaired) electrons. The van der Waals surface area contributed by atoms with Gasteiger partial charge in [-0.2, -0.15) is 0 Å². The monoisotopic (exact) mass is 592 g/mol. The molecule has 0 saturated heterocycles. The molecule has 0 bridgehead atoms. The molecule has 0 saturated carbocycles. The predicted molar refractivity (Wildman–Crippen MR) is 177 cm³/mol. The van der Waals surface area contributed by atoms with Gasteiger partial charge in [0.05, 0.1) is 0 Å². The lowest BCUT2D eigenvalue weighted by Gasteiger charge is -2.40. The molecule has 0 spiro atoms. The van der Waals surface area contributed by atoms with Crippen molar-refractivity contribution in [1.29, 1.82) is 0 Å². The van der Waals surface area contributed by atoms with E-state index in [2.05, 4.69) is 171 Å². The van der Waals surface area contributed by atoms with Gasteiger partial charge in [0, 0.05) is 6.55 Å². The topological polar surface area (TPSA) is 27.7 Å². The summed E-state index contributed by atoms with van der Waals surface area (Å²) in [6.45, 7) is 6.65. The summed E-state index contributed by atoms with van der Waals surface area (Å²) in [7, 11) is -9.96. The van der Waals surface area contributed by atoms with Crippen molar-refractivity contribution in [2.75, 3.05) is 0 Å². The van der Waals surface area contributed by atoms with E-state index in [1.165, 1.54) is 25.9 Å². The highest BCUT2D eigenvalue weighted by atomic mass is 28.5. The third-order valence-corrected chi connectivity index (χ3v) is 22.3. The van der Waals surface area contributed by atoms with Gasteiger partial charge in [0.15, 0.2) is 9.04 Å². The minimum atomic E-state index is -3.24. The molecule has 202 valence electrons. The smallest absolute Gasteiger partial charge is 0.415 e. The van der Waals surface area contributed by atoms with Crippen molar-refractivity contribution in [2.45, 2.75) is 19.6 Å². The van der Waals surface area contributed by atoms with Crippen molar-refractivity contribution in [3.8, 4) is 0 Å². The van der Waals surface area contributed by atoms with Crippen LogP contribution in [0.1, 0.15) is 0 Å². The van der Waals surface area contributed by atoms with E-state index < -0.39 is 35.2 Å². The molecule has 3 nitrogen and oxygen atoms in total. The molecule has 0 aliphatic heterocycles. The molecular formula is C33H36O3Si4. The molecule has 5 aromatic rings. The quantitative estimate of drug-likeness (QED) is 0.219. The third-order valence-electron chi connectivity index (χ3n) is 7.24. The van der Waals surface area contributed by atoms with Crippen LogP contribution in [0.5, 0.6) is 0 Å². The lowest BCUT2D eigenvalue weighted by molar-refractivity contribution is 0.281. The van der Waals surface area contributed by atoms with Gasteiger partial charge in [0.25, 0.3) is 0 Å². The van der Waals surface area contributed by atoms with E-state index >= 15 is 0 Å². The Bertz CT molecular complexity index is 1380. The normalized spacial score (nSPS) is 14.0. The van der Waals surface area contributed by atoms with E-state index in [9.17, 15) is 0 Å². The lowest BCUT2D eigenvalue weighted by atomic mass is 10.4. The van der Waals surface area contributed by atoms with Crippen molar-refractivity contribution < 1.29 is 12.3 Å². The second-order valence-electron chi connectivity index (χ2n) is 10.2. The highest BCUT2D eigenvalue weighted by molar-refractivity contribution is 7.02. The zero-order valence-electron chi connectivity index (χ0n) is 23.3. The van der Waals surface area contributed by atoms with Crippen molar-refractivity contribution in [1.82, 2.24) is 0 Å². The van der Waals surface area contributed by atoms with Crippen LogP contribution in [0, 0.1) is 0 Å². The first kappa shape index (κ1) is 28.4. The average Bonchev–Trinajstić information content (AvgIpc) is 3.02. The molecule has 0 heterocycles. The van der Waals surface area contributed by atoms with Crippen LogP contribution in [0.25, 0.3) is 0 Å². The molecule has 7 heteroatoms. The van der Waals surface area contributed by atoms with E-state index in [0.29, 0.717) is 0 Å². The molecule has 40 heavy (non-hydrogen) atoms. The molecule has 2 unspecified atom stereocenters. The van der Waals surface area contributed by atoms with Crippen molar-refractivity contribution in [3.63, 3.8) is 0 Å². The van der Waals surface area contributed by atoms with Crippen molar-refractivity contribution >= 4 is 61.1 Å². The van der Waals surface area contributed by atoms with E-state index in [1.807, 2.05) is 0 Å². The van der Waals surface area contributed by atoms with Crippen molar-refractivity contribution in [2.24, 2.45) is 0 Å².